The summed E-state index contributed by atoms with van der Waals surface area (Å²) in [6, 6.07) is 0.582. The van der Waals surface area contributed by atoms with Crippen molar-refractivity contribution in [3.8, 4) is 0 Å². The Morgan fingerprint density at radius 1 is 1.24 bits per heavy atom. The zero-order valence-electron chi connectivity index (χ0n) is 11.4. The largest absolute Gasteiger partial charge is 0.374 e. The Morgan fingerprint density at radius 2 is 2.12 bits per heavy atom. The smallest absolute Gasteiger partial charge is 0.0809 e. The fourth-order valence-corrected chi connectivity index (χ4v) is 4.88. The molecule has 2 saturated carbocycles. The standard InChI is InChI=1S/C15H27NO/c1-15(7-3-4-8-17-15)14(16-2)13-10-11-5-6-12(13)9-11/h11-14,16H,3-10H2,1-2H3. The van der Waals surface area contributed by atoms with Gasteiger partial charge < -0.3 is 10.1 Å². The second kappa shape index (κ2) is 4.55. The molecule has 5 unspecified atom stereocenters. The lowest BCUT2D eigenvalue weighted by atomic mass is 9.74. The summed E-state index contributed by atoms with van der Waals surface area (Å²) in [5.74, 6) is 2.90. The van der Waals surface area contributed by atoms with Gasteiger partial charge in [0.15, 0.2) is 0 Å². The quantitative estimate of drug-likeness (QED) is 0.815. The highest BCUT2D eigenvalue weighted by Crippen LogP contribution is 2.51. The molecule has 0 spiro atoms. The van der Waals surface area contributed by atoms with Crippen LogP contribution in [0.2, 0.25) is 0 Å². The molecule has 3 aliphatic rings. The molecular weight excluding hydrogens is 210 g/mol. The Morgan fingerprint density at radius 3 is 2.65 bits per heavy atom. The van der Waals surface area contributed by atoms with E-state index < -0.39 is 0 Å². The van der Waals surface area contributed by atoms with E-state index in [9.17, 15) is 0 Å². The topological polar surface area (TPSA) is 21.3 Å². The third kappa shape index (κ3) is 2.04. The molecule has 3 rings (SSSR count). The summed E-state index contributed by atoms with van der Waals surface area (Å²) in [6.45, 7) is 3.31. The van der Waals surface area contributed by atoms with Crippen LogP contribution in [0.4, 0.5) is 0 Å². The van der Waals surface area contributed by atoms with Gasteiger partial charge in [-0.2, -0.15) is 0 Å². The maximum atomic E-state index is 6.18. The molecule has 17 heavy (non-hydrogen) atoms. The minimum absolute atomic E-state index is 0.0994. The maximum Gasteiger partial charge on any atom is 0.0809 e. The molecule has 1 saturated heterocycles. The number of likely N-dealkylation sites (N-methyl/N-ethyl adjacent to an activating group) is 1. The SMILES string of the molecule is CNC(C1CC2CCC1C2)C1(C)CCCCO1. The van der Waals surface area contributed by atoms with Crippen LogP contribution in [0.3, 0.4) is 0 Å². The summed E-state index contributed by atoms with van der Waals surface area (Å²) in [4.78, 5) is 0. The summed E-state index contributed by atoms with van der Waals surface area (Å²) in [7, 11) is 2.14. The third-order valence-electron chi connectivity index (χ3n) is 5.69. The van der Waals surface area contributed by atoms with Gasteiger partial charge in [0.25, 0.3) is 0 Å². The molecule has 0 radical (unpaired) electrons. The molecule has 0 aromatic rings. The first-order valence-electron chi connectivity index (χ1n) is 7.54. The monoisotopic (exact) mass is 237 g/mol. The molecule has 98 valence electrons. The van der Waals surface area contributed by atoms with Crippen LogP contribution in [-0.2, 0) is 4.74 Å². The summed E-state index contributed by atoms with van der Waals surface area (Å²) in [5.41, 5.74) is 0.0994. The second-order valence-electron chi connectivity index (χ2n) is 6.72. The molecule has 0 aromatic heterocycles. The Kier molecular flexibility index (Phi) is 3.20. The van der Waals surface area contributed by atoms with Crippen molar-refractivity contribution in [1.82, 2.24) is 5.32 Å². The van der Waals surface area contributed by atoms with E-state index in [4.69, 9.17) is 4.74 Å². The average Bonchev–Trinajstić information content (AvgIpc) is 2.93. The molecule has 0 amide bonds. The molecule has 0 aromatic carbocycles. The first-order chi connectivity index (χ1) is 8.23. The molecule has 2 heteroatoms. The molecule has 2 bridgehead atoms. The third-order valence-corrected chi connectivity index (χ3v) is 5.69. The van der Waals surface area contributed by atoms with Crippen LogP contribution in [0.15, 0.2) is 0 Å². The van der Waals surface area contributed by atoms with Gasteiger partial charge in [-0.15, -0.1) is 0 Å². The van der Waals surface area contributed by atoms with Crippen LogP contribution >= 0.6 is 0 Å². The van der Waals surface area contributed by atoms with E-state index in [1.165, 1.54) is 44.9 Å². The van der Waals surface area contributed by atoms with Gasteiger partial charge >= 0.3 is 0 Å². The van der Waals surface area contributed by atoms with Crippen LogP contribution in [0.25, 0.3) is 0 Å². The number of hydrogen-bond donors (Lipinski definition) is 1. The van der Waals surface area contributed by atoms with Crippen molar-refractivity contribution in [2.24, 2.45) is 17.8 Å². The molecular formula is C15H27NO. The number of nitrogens with one attached hydrogen (secondary N) is 1. The lowest BCUT2D eigenvalue weighted by molar-refractivity contribution is -0.103. The minimum Gasteiger partial charge on any atom is -0.374 e. The first-order valence-corrected chi connectivity index (χ1v) is 7.54. The summed E-state index contributed by atoms with van der Waals surface area (Å²) in [6.07, 6.45) is 9.76. The van der Waals surface area contributed by atoms with Crippen LogP contribution in [0.5, 0.6) is 0 Å². The second-order valence-corrected chi connectivity index (χ2v) is 6.72. The van der Waals surface area contributed by atoms with Gasteiger partial charge in [-0.1, -0.05) is 6.42 Å². The predicted molar refractivity (Wildman–Crippen MR) is 70.0 cm³/mol. The number of rotatable bonds is 3. The minimum atomic E-state index is 0.0994. The Hall–Kier alpha value is -0.0800. The van der Waals surface area contributed by atoms with E-state index in [1.54, 1.807) is 0 Å². The number of ether oxygens (including phenoxy) is 1. The summed E-state index contributed by atoms with van der Waals surface area (Å²) >= 11 is 0. The van der Waals surface area contributed by atoms with Crippen LogP contribution < -0.4 is 5.32 Å². The number of hydrogen-bond acceptors (Lipinski definition) is 2. The highest BCUT2D eigenvalue weighted by atomic mass is 16.5. The van der Waals surface area contributed by atoms with Crippen LogP contribution in [0.1, 0.15) is 51.9 Å². The van der Waals surface area contributed by atoms with Crippen molar-refractivity contribution in [3.63, 3.8) is 0 Å². The average molecular weight is 237 g/mol. The predicted octanol–water partition coefficient (Wildman–Crippen LogP) is 2.97. The van der Waals surface area contributed by atoms with E-state index >= 15 is 0 Å². The van der Waals surface area contributed by atoms with Crippen LogP contribution in [-0.4, -0.2) is 25.3 Å². The van der Waals surface area contributed by atoms with Gasteiger partial charge in [-0.05, 0) is 70.3 Å². The van der Waals surface area contributed by atoms with E-state index in [2.05, 4.69) is 19.3 Å². The molecule has 1 aliphatic heterocycles. The first kappa shape index (κ1) is 12.0. The fraction of sp³-hybridized carbons (Fsp3) is 1.00. The molecule has 5 atom stereocenters. The highest BCUT2D eigenvalue weighted by molar-refractivity contribution is 5.02. The Balaban J connectivity index is 1.74. The van der Waals surface area contributed by atoms with Crippen molar-refractivity contribution in [2.75, 3.05) is 13.7 Å². The normalized spacial score (nSPS) is 47.3. The van der Waals surface area contributed by atoms with E-state index in [0.29, 0.717) is 6.04 Å². The van der Waals surface area contributed by atoms with Gasteiger partial charge in [-0.25, -0.2) is 0 Å². The molecule has 3 fully saturated rings. The summed E-state index contributed by atoms with van der Waals surface area (Å²) < 4.78 is 6.18. The van der Waals surface area contributed by atoms with E-state index in [0.717, 1.165) is 24.4 Å². The zero-order chi connectivity index (χ0) is 11.9. The van der Waals surface area contributed by atoms with Crippen molar-refractivity contribution in [1.29, 1.82) is 0 Å². The Labute approximate surface area is 105 Å². The van der Waals surface area contributed by atoms with Gasteiger partial charge in [0, 0.05) is 12.6 Å². The van der Waals surface area contributed by atoms with Crippen molar-refractivity contribution in [3.05, 3.63) is 0 Å². The van der Waals surface area contributed by atoms with E-state index in [-0.39, 0.29) is 5.60 Å². The van der Waals surface area contributed by atoms with Crippen molar-refractivity contribution in [2.45, 2.75) is 63.5 Å². The molecule has 1 heterocycles. The highest BCUT2D eigenvalue weighted by Gasteiger charge is 2.49. The maximum absolute atomic E-state index is 6.18. The lowest BCUT2D eigenvalue weighted by Gasteiger charge is -2.45. The lowest BCUT2D eigenvalue weighted by Crippen LogP contribution is -2.55. The van der Waals surface area contributed by atoms with Crippen molar-refractivity contribution >= 4 is 0 Å². The number of fused-ring (bicyclic) bond motifs is 2. The summed E-state index contributed by atoms with van der Waals surface area (Å²) in [5, 5.41) is 3.61. The zero-order valence-corrected chi connectivity index (χ0v) is 11.4. The van der Waals surface area contributed by atoms with Crippen molar-refractivity contribution < 1.29 is 4.74 Å². The van der Waals surface area contributed by atoms with Gasteiger partial charge in [0.2, 0.25) is 0 Å². The van der Waals surface area contributed by atoms with Gasteiger partial charge in [0.05, 0.1) is 5.60 Å². The fourth-order valence-electron chi connectivity index (χ4n) is 4.88. The Bertz CT molecular complexity index is 272. The van der Waals surface area contributed by atoms with Gasteiger partial charge in [-0.3, -0.25) is 0 Å². The van der Waals surface area contributed by atoms with E-state index in [1.807, 2.05) is 0 Å². The molecule has 1 N–H and O–H groups in total. The van der Waals surface area contributed by atoms with Crippen LogP contribution in [0, 0.1) is 17.8 Å². The molecule has 2 aliphatic carbocycles. The van der Waals surface area contributed by atoms with Gasteiger partial charge in [0.1, 0.15) is 0 Å². The molecule has 2 nitrogen and oxygen atoms in total.